The number of aryl methyl sites for hydroxylation is 1. The number of thiophene rings is 1. The number of amides is 1. The maximum absolute atomic E-state index is 12.7. The number of carbonyl (C=O) groups excluding carboxylic acids is 1. The summed E-state index contributed by atoms with van der Waals surface area (Å²) < 4.78 is 1.20. The summed E-state index contributed by atoms with van der Waals surface area (Å²) in [4.78, 5) is 17.2. The van der Waals surface area contributed by atoms with Gasteiger partial charge in [0.25, 0.3) is 5.91 Å². The molecule has 0 saturated carbocycles. The van der Waals surface area contributed by atoms with E-state index in [0.717, 1.165) is 22.0 Å². The quantitative estimate of drug-likeness (QED) is 0.505. The van der Waals surface area contributed by atoms with E-state index in [1.165, 1.54) is 4.70 Å². The molecule has 0 aliphatic heterocycles. The lowest BCUT2D eigenvalue weighted by Crippen LogP contribution is -2.14. The Bertz CT molecular complexity index is 1090. The Kier molecular flexibility index (Phi) is 3.71. The summed E-state index contributed by atoms with van der Waals surface area (Å²) in [5.74, 6) is -0.170. The first-order valence-electron chi connectivity index (χ1n) is 7.46. The summed E-state index contributed by atoms with van der Waals surface area (Å²) in [7, 11) is 0. The van der Waals surface area contributed by atoms with E-state index in [1.807, 2.05) is 54.8 Å². The number of rotatable bonds is 2. The first kappa shape index (κ1) is 15.1. The molecular formula is C19H13ClN2OS. The van der Waals surface area contributed by atoms with Crippen molar-refractivity contribution in [2.24, 2.45) is 0 Å². The molecule has 0 bridgehead atoms. The number of pyridine rings is 1. The lowest BCUT2D eigenvalue weighted by molar-refractivity contribution is 0.102. The Morgan fingerprint density at radius 2 is 1.96 bits per heavy atom. The van der Waals surface area contributed by atoms with Crippen molar-refractivity contribution in [1.29, 1.82) is 0 Å². The zero-order valence-corrected chi connectivity index (χ0v) is 14.4. The first-order chi connectivity index (χ1) is 11.6. The average Bonchev–Trinajstić information content (AvgIpc) is 3.02. The number of anilines is 1. The molecule has 1 N–H and O–H groups in total. The van der Waals surface area contributed by atoms with Crippen LogP contribution in [0.15, 0.2) is 53.9 Å². The summed E-state index contributed by atoms with van der Waals surface area (Å²) in [5, 5.41) is 7.60. The lowest BCUT2D eigenvalue weighted by Gasteiger charge is -2.09. The van der Waals surface area contributed by atoms with Crippen LogP contribution < -0.4 is 5.32 Å². The Hall–Kier alpha value is -2.43. The molecule has 4 rings (SSSR count). The maximum atomic E-state index is 12.7. The van der Waals surface area contributed by atoms with Gasteiger partial charge in [-0.1, -0.05) is 11.6 Å². The van der Waals surface area contributed by atoms with Crippen LogP contribution in [0.25, 0.3) is 21.0 Å². The minimum absolute atomic E-state index is 0.170. The van der Waals surface area contributed by atoms with Crippen molar-refractivity contribution in [3.8, 4) is 0 Å². The molecule has 0 aliphatic rings. The highest BCUT2D eigenvalue weighted by Gasteiger charge is 2.12. The molecule has 0 fully saturated rings. The van der Waals surface area contributed by atoms with E-state index >= 15 is 0 Å². The molecule has 3 nitrogen and oxygen atoms in total. The van der Waals surface area contributed by atoms with Crippen LogP contribution in [0.2, 0.25) is 5.02 Å². The molecule has 24 heavy (non-hydrogen) atoms. The highest BCUT2D eigenvalue weighted by atomic mass is 35.5. The topological polar surface area (TPSA) is 42.0 Å². The van der Waals surface area contributed by atoms with E-state index < -0.39 is 0 Å². The fourth-order valence-corrected chi connectivity index (χ4v) is 3.67. The normalized spacial score (nSPS) is 11.1. The number of halogens is 1. The van der Waals surface area contributed by atoms with Gasteiger partial charge in [-0.05, 0) is 66.2 Å². The Morgan fingerprint density at radius 3 is 2.83 bits per heavy atom. The summed E-state index contributed by atoms with van der Waals surface area (Å²) in [6.07, 6.45) is 0. The van der Waals surface area contributed by atoms with Crippen molar-refractivity contribution < 1.29 is 4.79 Å². The molecular weight excluding hydrogens is 340 g/mol. The molecule has 0 atom stereocenters. The zero-order chi connectivity index (χ0) is 16.7. The van der Waals surface area contributed by atoms with Crippen molar-refractivity contribution in [2.45, 2.75) is 6.92 Å². The van der Waals surface area contributed by atoms with E-state index in [1.54, 1.807) is 17.4 Å². The largest absolute Gasteiger partial charge is 0.322 e. The Balaban J connectivity index is 1.70. The number of hydrogen-bond donors (Lipinski definition) is 1. The number of aromatic nitrogens is 1. The van der Waals surface area contributed by atoms with Crippen molar-refractivity contribution in [2.75, 3.05) is 5.32 Å². The van der Waals surface area contributed by atoms with E-state index in [2.05, 4.69) is 10.3 Å². The summed E-state index contributed by atoms with van der Waals surface area (Å²) in [6.45, 7) is 1.84. The molecule has 0 saturated heterocycles. The average molecular weight is 353 g/mol. The van der Waals surface area contributed by atoms with E-state index in [9.17, 15) is 4.79 Å². The van der Waals surface area contributed by atoms with Gasteiger partial charge in [0, 0.05) is 20.8 Å². The predicted octanol–water partition coefficient (Wildman–Crippen LogP) is 5.66. The van der Waals surface area contributed by atoms with E-state index in [-0.39, 0.29) is 5.91 Å². The highest BCUT2D eigenvalue weighted by Crippen LogP contribution is 2.25. The van der Waals surface area contributed by atoms with Gasteiger partial charge in [-0.2, -0.15) is 0 Å². The Labute approximate surface area is 147 Å². The third-order valence-corrected chi connectivity index (χ3v) is 5.06. The number of benzene rings is 2. The molecule has 2 aromatic carbocycles. The van der Waals surface area contributed by atoms with E-state index in [0.29, 0.717) is 16.3 Å². The maximum Gasteiger partial charge on any atom is 0.257 e. The van der Waals surface area contributed by atoms with Gasteiger partial charge in [0.05, 0.1) is 16.8 Å². The first-order valence-corrected chi connectivity index (χ1v) is 8.71. The van der Waals surface area contributed by atoms with Crippen LogP contribution in [0.3, 0.4) is 0 Å². The molecule has 0 unspecified atom stereocenters. The van der Waals surface area contributed by atoms with Crippen LogP contribution in [0, 0.1) is 6.92 Å². The second-order valence-corrected chi connectivity index (χ2v) is 6.97. The van der Waals surface area contributed by atoms with Gasteiger partial charge in [-0.3, -0.25) is 9.78 Å². The molecule has 2 heterocycles. The summed E-state index contributed by atoms with van der Waals surface area (Å²) in [6, 6.07) is 15.3. The Morgan fingerprint density at radius 1 is 1.08 bits per heavy atom. The molecule has 0 radical (unpaired) electrons. The number of fused-ring (bicyclic) bond motifs is 2. The van der Waals surface area contributed by atoms with Crippen LogP contribution in [0.1, 0.15) is 16.1 Å². The number of nitrogens with zero attached hydrogens (tertiary/aromatic N) is 1. The molecule has 0 aliphatic carbocycles. The van der Waals surface area contributed by atoms with Gasteiger partial charge in [0.1, 0.15) is 0 Å². The highest BCUT2D eigenvalue weighted by molar-refractivity contribution is 7.17. The van der Waals surface area contributed by atoms with Gasteiger partial charge >= 0.3 is 0 Å². The van der Waals surface area contributed by atoms with Gasteiger partial charge in [-0.15, -0.1) is 11.3 Å². The third kappa shape index (κ3) is 2.75. The van der Waals surface area contributed by atoms with Crippen LogP contribution in [-0.2, 0) is 0 Å². The molecule has 4 aromatic rings. The molecule has 2 aromatic heterocycles. The summed E-state index contributed by atoms with van der Waals surface area (Å²) >= 11 is 7.72. The smallest absolute Gasteiger partial charge is 0.257 e. The standard InChI is InChI=1S/C19H13ClN2OS/c1-11-16(10-13-8-14(20)2-4-17(13)21-11)19(23)22-15-3-5-18-12(9-15)6-7-24-18/h2-10H,1H3,(H,22,23). The number of carbonyl (C=O) groups is 1. The molecule has 5 heteroatoms. The minimum atomic E-state index is -0.170. The van der Waals surface area contributed by atoms with Crippen LogP contribution in [0.4, 0.5) is 5.69 Å². The number of hydrogen-bond acceptors (Lipinski definition) is 3. The zero-order valence-electron chi connectivity index (χ0n) is 12.8. The van der Waals surface area contributed by atoms with Gasteiger partial charge in [0.15, 0.2) is 0 Å². The van der Waals surface area contributed by atoms with E-state index in [4.69, 9.17) is 11.6 Å². The van der Waals surface area contributed by atoms with Gasteiger partial charge in [-0.25, -0.2) is 0 Å². The second-order valence-electron chi connectivity index (χ2n) is 5.59. The molecule has 0 spiro atoms. The van der Waals surface area contributed by atoms with Gasteiger partial charge < -0.3 is 5.32 Å². The van der Waals surface area contributed by atoms with Crippen molar-refractivity contribution >= 4 is 55.5 Å². The van der Waals surface area contributed by atoms with Gasteiger partial charge in [0.2, 0.25) is 0 Å². The number of nitrogens with one attached hydrogen (secondary N) is 1. The monoisotopic (exact) mass is 352 g/mol. The third-order valence-electron chi connectivity index (χ3n) is 3.92. The van der Waals surface area contributed by atoms with Crippen molar-refractivity contribution in [1.82, 2.24) is 4.98 Å². The predicted molar refractivity (Wildman–Crippen MR) is 101 cm³/mol. The van der Waals surface area contributed by atoms with Crippen LogP contribution >= 0.6 is 22.9 Å². The molecule has 1 amide bonds. The fourth-order valence-electron chi connectivity index (χ4n) is 2.72. The lowest BCUT2D eigenvalue weighted by atomic mass is 10.1. The SMILES string of the molecule is Cc1nc2ccc(Cl)cc2cc1C(=O)Nc1ccc2sccc2c1. The fraction of sp³-hybridized carbons (Fsp3) is 0.0526. The molecule has 118 valence electrons. The second kappa shape index (κ2) is 5.89. The van der Waals surface area contributed by atoms with Crippen LogP contribution in [-0.4, -0.2) is 10.9 Å². The minimum Gasteiger partial charge on any atom is -0.322 e. The van der Waals surface area contributed by atoms with Crippen LogP contribution in [0.5, 0.6) is 0 Å². The van der Waals surface area contributed by atoms with Crippen molar-refractivity contribution in [3.63, 3.8) is 0 Å². The summed E-state index contributed by atoms with van der Waals surface area (Å²) in [5.41, 5.74) is 2.85. The van der Waals surface area contributed by atoms with Crippen molar-refractivity contribution in [3.05, 3.63) is 70.2 Å².